The smallest absolute Gasteiger partial charge is 0.248 e. The lowest BCUT2D eigenvalue weighted by Crippen LogP contribution is -2.50. The molecule has 2 heterocycles. The van der Waals surface area contributed by atoms with Gasteiger partial charge in [0.2, 0.25) is 11.8 Å². The van der Waals surface area contributed by atoms with E-state index in [1.807, 2.05) is 13.1 Å². The molecule has 0 aromatic heterocycles. The van der Waals surface area contributed by atoms with Gasteiger partial charge in [0, 0.05) is 11.4 Å². The van der Waals surface area contributed by atoms with Gasteiger partial charge in [0.05, 0.1) is 23.6 Å². The van der Waals surface area contributed by atoms with Crippen molar-refractivity contribution < 1.29 is 9.59 Å². The quantitative estimate of drug-likeness (QED) is 0.899. The summed E-state index contributed by atoms with van der Waals surface area (Å²) in [6, 6.07) is 8.24. The minimum absolute atomic E-state index is 0.0555. The Morgan fingerprint density at radius 2 is 2.04 bits per heavy atom. The highest BCUT2D eigenvalue weighted by Gasteiger charge is 2.39. The summed E-state index contributed by atoms with van der Waals surface area (Å²) in [5.74, 6) is 1.07. The van der Waals surface area contributed by atoms with E-state index in [9.17, 15) is 9.59 Å². The van der Waals surface area contributed by atoms with Crippen LogP contribution in [0.1, 0.15) is 18.4 Å². The fourth-order valence-electron chi connectivity index (χ4n) is 3.14. The molecule has 0 radical (unpaired) electrons. The Bertz CT molecular complexity index is 670. The Labute approximate surface area is 145 Å². The summed E-state index contributed by atoms with van der Waals surface area (Å²) in [5, 5.41) is 11.7. The number of carbonyl (C=O) groups is 2. The van der Waals surface area contributed by atoms with E-state index in [4.69, 9.17) is 5.26 Å². The number of likely N-dealkylation sites (tertiary alicyclic amines) is 1. The molecule has 2 fully saturated rings. The number of nitriles is 1. The minimum Gasteiger partial charge on any atom is -0.324 e. The highest BCUT2D eigenvalue weighted by molar-refractivity contribution is 7.99. The van der Waals surface area contributed by atoms with Gasteiger partial charge >= 0.3 is 0 Å². The third-order valence-electron chi connectivity index (χ3n) is 4.56. The number of nitrogens with zero attached hydrogens (tertiary/aromatic N) is 3. The molecule has 2 saturated heterocycles. The van der Waals surface area contributed by atoms with Crippen LogP contribution in [0.25, 0.3) is 0 Å². The van der Waals surface area contributed by atoms with E-state index in [0.29, 0.717) is 22.9 Å². The van der Waals surface area contributed by atoms with Crippen LogP contribution in [0.5, 0.6) is 0 Å². The molecule has 126 valence electrons. The first-order valence-corrected chi connectivity index (χ1v) is 9.15. The molecule has 2 atom stereocenters. The highest BCUT2D eigenvalue weighted by atomic mass is 32.2. The van der Waals surface area contributed by atoms with Crippen molar-refractivity contribution in [1.29, 1.82) is 5.26 Å². The average Bonchev–Trinajstić information content (AvgIpc) is 3.24. The van der Waals surface area contributed by atoms with Gasteiger partial charge in [-0.3, -0.25) is 14.5 Å². The van der Waals surface area contributed by atoms with Crippen molar-refractivity contribution in [3.05, 3.63) is 29.8 Å². The summed E-state index contributed by atoms with van der Waals surface area (Å²) < 4.78 is 0. The van der Waals surface area contributed by atoms with E-state index in [2.05, 4.69) is 10.2 Å². The number of amides is 2. The lowest BCUT2D eigenvalue weighted by atomic mass is 10.1. The summed E-state index contributed by atoms with van der Waals surface area (Å²) in [6.07, 6.45) is 1.89. The summed E-state index contributed by atoms with van der Waals surface area (Å²) in [5.41, 5.74) is 1.19. The van der Waals surface area contributed by atoms with Crippen molar-refractivity contribution in [3.63, 3.8) is 0 Å². The highest BCUT2D eigenvalue weighted by Crippen LogP contribution is 2.26. The van der Waals surface area contributed by atoms with Gasteiger partial charge in [-0.1, -0.05) is 0 Å². The van der Waals surface area contributed by atoms with Crippen LogP contribution in [0.2, 0.25) is 0 Å². The second kappa shape index (κ2) is 7.24. The van der Waals surface area contributed by atoms with Crippen LogP contribution in [0, 0.1) is 11.3 Å². The lowest BCUT2D eigenvalue weighted by Gasteiger charge is -2.28. The van der Waals surface area contributed by atoms with E-state index >= 15 is 0 Å². The first-order chi connectivity index (χ1) is 11.6. The van der Waals surface area contributed by atoms with E-state index in [1.165, 1.54) is 0 Å². The molecule has 1 aromatic carbocycles. The van der Waals surface area contributed by atoms with Gasteiger partial charge in [-0.25, -0.2) is 0 Å². The Morgan fingerprint density at radius 3 is 2.67 bits per heavy atom. The molecule has 0 bridgehead atoms. The number of thioether (sulfide) groups is 1. The Hall–Kier alpha value is -2.04. The van der Waals surface area contributed by atoms with Crippen LogP contribution in [0.3, 0.4) is 0 Å². The van der Waals surface area contributed by atoms with Crippen molar-refractivity contribution in [2.45, 2.75) is 24.9 Å². The molecular formula is C17H20N4O2S. The number of likely N-dealkylation sites (N-methyl/N-ethyl adjacent to an activating group) is 1. The summed E-state index contributed by atoms with van der Waals surface area (Å²) in [4.78, 5) is 29.1. The summed E-state index contributed by atoms with van der Waals surface area (Å²) in [7, 11) is 1.96. The molecule has 1 aromatic rings. The van der Waals surface area contributed by atoms with Crippen LogP contribution < -0.4 is 5.32 Å². The fourth-order valence-corrected chi connectivity index (χ4v) is 4.31. The topological polar surface area (TPSA) is 76.4 Å². The monoisotopic (exact) mass is 344 g/mol. The number of anilines is 1. The maximum absolute atomic E-state index is 12.8. The van der Waals surface area contributed by atoms with Crippen molar-refractivity contribution in [2.24, 2.45) is 0 Å². The molecular weight excluding hydrogens is 324 g/mol. The zero-order chi connectivity index (χ0) is 17.1. The predicted molar refractivity (Wildman–Crippen MR) is 93.4 cm³/mol. The SMILES string of the molecule is CN1CCCC1C(=O)N1CSCC1C(=O)Nc1ccc(C#N)cc1. The molecule has 1 N–H and O–H groups in total. The normalized spacial score (nSPS) is 23.9. The van der Waals surface area contributed by atoms with E-state index in [0.717, 1.165) is 19.4 Å². The second-order valence-electron chi connectivity index (χ2n) is 6.14. The van der Waals surface area contributed by atoms with Gasteiger partial charge in [0.15, 0.2) is 0 Å². The first kappa shape index (κ1) is 16.8. The van der Waals surface area contributed by atoms with Gasteiger partial charge in [-0.15, -0.1) is 11.8 Å². The molecule has 2 aliphatic rings. The third-order valence-corrected chi connectivity index (χ3v) is 5.57. The molecule has 0 spiro atoms. The molecule has 0 saturated carbocycles. The molecule has 3 rings (SSSR count). The van der Waals surface area contributed by atoms with Crippen LogP contribution in [0.4, 0.5) is 5.69 Å². The van der Waals surface area contributed by atoms with Gasteiger partial charge in [0.1, 0.15) is 6.04 Å². The molecule has 7 heteroatoms. The minimum atomic E-state index is -0.438. The zero-order valence-corrected chi connectivity index (χ0v) is 14.4. The first-order valence-electron chi connectivity index (χ1n) is 7.99. The fraction of sp³-hybridized carbons (Fsp3) is 0.471. The standard InChI is InChI=1S/C17H20N4O2S/c1-20-8-2-3-14(20)17(23)21-11-24-10-15(21)16(22)19-13-6-4-12(9-18)5-7-13/h4-7,14-15H,2-3,8,10-11H2,1H3,(H,19,22). The molecule has 2 amide bonds. The van der Waals surface area contributed by atoms with Crippen molar-refractivity contribution in [3.8, 4) is 6.07 Å². The van der Waals surface area contributed by atoms with E-state index in [1.54, 1.807) is 40.9 Å². The number of rotatable bonds is 3. The van der Waals surface area contributed by atoms with E-state index < -0.39 is 6.04 Å². The Kier molecular flexibility index (Phi) is 5.07. The van der Waals surface area contributed by atoms with Crippen LogP contribution >= 0.6 is 11.8 Å². The average molecular weight is 344 g/mol. The van der Waals surface area contributed by atoms with E-state index in [-0.39, 0.29) is 17.9 Å². The molecule has 6 nitrogen and oxygen atoms in total. The Morgan fingerprint density at radius 1 is 1.29 bits per heavy atom. The third kappa shape index (κ3) is 3.40. The number of nitrogens with one attached hydrogen (secondary N) is 1. The van der Waals surface area contributed by atoms with Gasteiger partial charge in [-0.2, -0.15) is 5.26 Å². The van der Waals surface area contributed by atoms with Crippen molar-refractivity contribution in [2.75, 3.05) is 30.5 Å². The van der Waals surface area contributed by atoms with Gasteiger partial charge < -0.3 is 10.2 Å². The maximum atomic E-state index is 12.8. The van der Waals surface area contributed by atoms with Gasteiger partial charge in [0.25, 0.3) is 0 Å². The van der Waals surface area contributed by atoms with Crippen molar-refractivity contribution >= 4 is 29.3 Å². The molecule has 2 unspecified atom stereocenters. The predicted octanol–water partition coefficient (Wildman–Crippen LogP) is 1.49. The lowest BCUT2D eigenvalue weighted by molar-refractivity contribution is -0.139. The largest absolute Gasteiger partial charge is 0.324 e. The second-order valence-corrected chi connectivity index (χ2v) is 7.14. The molecule has 2 aliphatic heterocycles. The summed E-state index contributed by atoms with van der Waals surface area (Å²) in [6.45, 7) is 0.930. The maximum Gasteiger partial charge on any atom is 0.248 e. The van der Waals surface area contributed by atoms with Crippen LogP contribution in [0.15, 0.2) is 24.3 Å². The molecule has 0 aliphatic carbocycles. The van der Waals surface area contributed by atoms with Gasteiger partial charge in [-0.05, 0) is 50.7 Å². The summed E-state index contributed by atoms with van der Waals surface area (Å²) >= 11 is 1.61. The number of carbonyl (C=O) groups excluding carboxylic acids is 2. The zero-order valence-electron chi connectivity index (χ0n) is 13.6. The van der Waals surface area contributed by atoms with Crippen molar-refractivity contribution in [1.82, 2.24) is 9.80 Å². The van der Waals surface area contributed by atoms with Crippen LogP contribution in [-0.2, 0) is 9.59 Å². The Balaban J connectivity index is 1.66. The number of hydrogen-bond donors (Lipinski definition) is 1. The van der Waals surface area contributed by atoms with Crippen LogP contribution in [-0.4, -0.2) is 58.9 Å². The number of hydrogen-bond acceptors (Lipinski definition) is 5. The molecule has 24 heavy (non-hydrogen) atoms. The number of benzene rings is 1.